The van der Waals surface area contributed by atoms with E-state index in [0.717, 1.165) is 60.3 Å². The van der Waals surface area contributed by atoms with Crippen molar-refractivity contribution in [3.05, 3.63) is 106 Å². The standard InChI is InChI=1S/C46H65ClN2O5/c1-2-3-4-5-6-7-8-9-10-11-12-13-14-15-44(51)48-33-36-16-22-39(23-17-36)45-53-42(32-43(54-45)38-20-18-37(35-50)19-21-38)34-49-30-28-46(52,29-31-49)40-24-26-41(47)27-25-40/h16-27,42-43,45,50,52H,2-15,28-35H2,1H3,(H,48,51). The van der Waals surface area contributed by atoms with E-state index in [2.05, 4.69) is 17.1 Å². The average Bonchev–Trinajstić information content (AvgIpc) is 3.20. The molecule has 3 aromatic carbocycles. The lowest BCUT2D eigenvalue weighted by molar-refractivity contribution is -0.253. The number of hydrogen-bond acceptors (Lipinski definition) is 6. The van der Waals surface area contributed by atoms with Crippen LogP contribution in [0.2, 0.25) is 5.02 Å². The molecular formula is C46H65ClN2O5. The number of benzene rings is 3. The van der Waals surface area contributed by atoms with Gasteiger partial charge in [0.15, 0.2) is 6.29 Å². The number of aliphatic hydroxyl groups is 2. The second kappa shape index (κ2) is 22.7. The van der Waals surface area contributed by atoms with Gasteiger partial charge in [0.05, 0.1) is 24.4 Å². The number of hydrogen-bond donors (Lipinski definition) is 3. The molecule has 0 saturated carbocycles. The van der Waals surface area contributed by atoms with E-state index < -0.39 is 11.9 Å². The van der Waals surface area contributed by atoms with Gasteiger partial charge in [-0.3, -0.25) is 4.79 Å². The van der Waals surface area contributed by atoms with Gasteiger partial charge in [0.1, 0.15) is 0 Å². The number of likely N-dealkylation sites (tertiary alicyclic amines) is 1. The molecule has 5 rings (SSSR count). The van der Waals surface area contributed by atoms with Crippen LogP contribution in [0.25, 0.3) is 0 Å². The van der Waals surface area contributed by atoms with Crippen LogP contribution in [0.15, 0.2) is 72.8 Å². The molecule has 2 aliphatic heterocycles. The van der Waals surface area contributed by atoms with E-state index in [1.165, 1.54) is 70.6 Å². The van der Waals surface area contributed by atoms with Gasteiger partial charge < -0.3 is 29.9 Å². The molecule has 2 aliphatic rings. The van der Waals surface area contributed by atoms with E-state index in [9.17, 15) is 15.0 Å². The Morgan fingerprint density at radius 2 is 1.31 bits per heavy atom. The number of piperidine rings is 1. The van der Waals surface area contributed by atoms with Gasteiger partial charge in [-0.25, -0.2) is 0 Å². The number of nitrogens with one attached hydrogen (secondary N) is 1. The summed E-state index contributed by atoms with van der Waals surface area (Å²) in [6, 6.07) is 23.7. The van der Waals surface area contributed by atoms with Gasteiger partial charge in [-0.05, 0) is 53.6 Å². The molecule has 0 aromatic heterocycles. The maximum absolute atomic E-state index is 12.6. The Hall–Kier alpha value is -2.78. The van der Waals surface area contributed by atoms with Crippen molar-refractivity contribution in [2.24, 2.45) is 0 Å². The first-order valence-electron chi connectivity index (χ1n) is 20.9. The molecule has 3 atom stereocenters. The molecule has 8 heteroatoms. The molecule has 2 saturated heterocycles. The normalized spacial score (nSPS) is 20.2. The van der Waals surface area contributed by atoms with E-state index in [4.69, 9.17) is 21.1 Å². The van der Waals surface area contributed by atoms with Crippen molar-refractivity contribution in [3.63, 3.8) is 0 Å². The van der Waals surface area contributed by atoms with Gasteiger partial charge >= 0.3 is 0 Å². The predicted molar refractivity (Wildman–Crippen MR) is 218 cm³/mol. The first-order chi connectivity index (χ1) is 26.3. The van der Waals surface area contributed by atoms with E-state index >= 15 is 0 Å². The minimum Gasteiger partial charge on any atom is -0.392 e. The summed E-state index contributed by atoms with van der Waals surface area (Å²) in [5.41, 5.74) is 3.97. The number of nitrogens with zero attached hydrogens (tertiary/aromatic N) is 1. The Morgan fingerprint density at radius 1 is 0.759 bits per heavy atom. The van der Waals surface area contributed by atoms with Crippen LogP contribution < -0.4 is 5.32 Å². The lowest BCUT2D eigenvalue weighted by atomic mass is 9.84. The molecule has 3 aromatic rings. The molecule has 54 heavy (non-hydrogen) atoms. The maximum atomic E-state index is 12.6. The van der Waals surface area contributed by atoms with Crippen molar-refractivity contribution in [1.82, 2.24) is 10.2 Å². The zero-order valence-corrected chi connectivity index (χ0v) is 33.4. The zero-order chi connectivity index (χ0) is 38.0. The van der Waals surface area contributed by atoms with Crippen LogP contribution in [0.1, 0.15) is 156 Å². The van der Waals surface area contributed by atoms with Gasteiger partial charge in [0.25, 0.3) is 0 Å². The third-order valence-electron chi connectivity index (χ3n) is 11.4. The van der Waals surface area contributed by atoms with Crippen LogP contribution in [0, 0.1) is 0 Å². The highest BCUT2D eigenvalue weighted by Gasteiger charge is 2.37. The summed E-state index contributed by atoms with van der Waals surface area (Å²) in [6.07, 6.45) is 18.7. The van der Waals surface area contributed by atoms with Crippen molar-refractivity contribution >= 4 is 17.5 Å². The number of carbonyl (C=O) groups excluding carboxylic acids is 1. The van der Waals surface area contributed by atoms with Gasteiger partial charge in [-0.1, -0.05) is 156 Å². The van der Waals surface area contributed by atoms with Crippen LogP contribution in [-0.2, 0) is 33.0 Å². The topological polar surface area (TPSA) is 91.3 Å². The number of amides is 1. The molecule has 3 unspecified atom stereocenters. The number of ether oxygens (including phenoxy) is 2. The second-order valence-corrected chi connectivity index (χ2v) is 16.1. The highest BCUT2D eigenvalue weighted by Crippen LogP contribution is 2.39. The summed E-state index contributed by atoms with van der Waals surface area (Å²) in [4.78, 5) is 15.0. The molecule has 0 spiro atoms. The summed E-state index contributed by atoms with van der Waals surface area (Å²) in [5.74, 6) is 0.114. The molecule has 296 valence electrons. The van der Waals surface area contributed by atoms with Gasteiger partial charge in [0.2, 0.25) is 5.91 Å². The fraction of sp³-hybridized carbons (Fsp3) is 0.587. The van der Waals surface area contributed by atoms with Crippen molar-refractivity contribution in [1.29, 1.82) is 0 Å². The van der Waals surface area contributed by atoms with Crippen molar-refractivity contribution in [2.45, 2.75) is 153 Å². The van der Waals surface area contributed by atoms with Crippen molar-refractivity contribution < 1.29 is 24.5 Å². The Kier molecular flexibility index (Phi) is 17.8. The van der Waals surface area contributed by atoms with Crippen LogP contribution in [-0.4, -0.2) is 46.8 Å². The molecule has 7 nitrogen and oxygen atoms in total. The summed E-state index contributed by atoms with van der Waals surface area (Å²) in [5, 5.41) is 24.8. The molecule has 2 heterocycles. The summed E-state index contributed by atoms with van der Waals surface area (Å²) in [7, 11) is 0. The van der Waals surface area contributed by atoms with Crippen LogP contribution >= 0.6 is 11.6 Å². The van der Waals surface area contributed by atoms with Gasteiger partial charge in [0, 0.05) is 49.6 Å². The maximum Gasteiger partial charge on any atom is 0.220 e. The average molecular weight is 761 g/mol. The molecule has 0 bridgehead atoms. The summed E-state index contributed by atoms with van der Waals surface area (Å²) < 4.78 is 13.2. The zero-order valence-electron chi connectivity index (χ0n) is 32.7. The highest BCUT2D eigenvalue weighted by atomic mass is 35.5. The quantitative estimate of drug-likeness (QED) is 0.0884. The van der Waals surface area contributed by atoms with E-state index in [1.807, 2.05) is 72.8 Å². The van der Waals surface area contributed by atoms with Crippen molar-refractivity contribution in [3.8, 4) is 0 Å². The third kappa shape index (κ3) is 13.8. The minimum absolute atomic E-state index is 0.00371. The Morgan fingerprint density at radius 3 is 1.91 bits per heavy atom. The van der Waals surface area contributed by atoms with Crippen LogP contribution in [0.5, 0.6) is 0 Å². The van der Waals surface area contributed by atoms with Gasteiger partial charge in [-0.2, -0.15) is 0 Å². The smallest absolute Gasteiger partial charge is 0.220 e. The molecule has 2 fully saturated rings. The van der Waals surface area contributed by atoms with Gasteiger partial charge in [-0.15, -0.1) is 0 Å². The molecule has 3 N–H and O–H groups in total. The van der Waals surface area contributed by atoms with E-state index in [1.54, 1.807) is 0 Å². The second-order valence-electron chi connectivity index (χ2n) is 15.7. The largest absolute Gasteiger partial charge is 0.392 e. The number of unbranched alkanes of at least 4 members (excludes halogenated alkanes) is 12. The van der Waals surface area contributed by atoms with Crippen LogP contribution in [0.4, 0.5) is 0 Å². The summed E-state index contributed by atoms with van der Waals surface area (Å²) >= 11 is 6.10. The van der Waals surface area contributed by atoms with E-state index in [-0.39, 0.29) is 24.7 Å². The Balaban J connectivity index is 1.06. The number of rotatable bonds is 22. The molecule has 0 aliphatic carbocycles. The Bertz CT molecular complexity index is 1490. The fourth-order valence-corrected chi connectivity index (χ4v) is 7.99. The molecule has 0 radical (unpaired) electrons. The number of carbonyl (C=O) groups is 1. The SMILES string of the molecule is CCCCCCCCCCCCCCCC(=O)NCc1ccc(C2OC(CN3CCC(O)(c4ccc(Cl)cc4)CC3)CC(c3ccc(CO)cc3)O2)cc1. The minimum atomic E-state index is -0.857. The monoisotopic (exact) mass is 760 g/mol. The van der Waals surface area contributed by atoms with Crippen molar-refractivity contribution in [2.75, 3.05) is 19.6 Å². The molecule has 1 amide bonds. The van der Waals surface area contributed by atoms with Crippen LogP contribution in [0.3, 0.4) is 0 Å². The summed E-state index contributed by atoms with van der Waals surface area (Å²) in [6.45, 7) is 5.05. The molecular weight excluding hydrogens is 696 g/mol. The van der Waals surface area contributed by atoms with E-state index in [0.29, 0.717) is 37.3 Å². The first-order valence-corrected chi connectivity index (χ1v) is 21.3. The Labute approximate surface area is 329 Å². The lowest BCUT2D eigenvalue weighted by Gasteiger charge is -2.42. The first kappa shape index (κ1) is 42.4. The number of halogens is 1. The highest BCUT2D eigenvalue weighted by molar-refractivity contribution is 6.30. The third-order valence-corrected chi connectivity index (χ3v) is 11.6. The predicted octanol–water partition coefficient (Wildman–Crippen LogP) is 10.5. The fourth-order valence-electron chi connectivity index (χ4n) is 7.86. The number of aliphatic hydroxyl groups excluding tert-OH is 1. The lowest BCUT2D eigenvalue weighted by Crippen LogP contribution is -2.46.